The van der Waals surface area contributed by atoms with Crippen LogP contribution in [-0.2, 0) is 4.79 Å². The van der Waals surface area contributed by atoms with Gasteiger partial charge in [0.25, 0.3) is 0 Å². The minimum Gasteiger partial charge on any atom is -0.310 e. The third kappa shape index (κ3) is 1.39. The second kappa shape index (κ2) is 3.21. The fourth-order valence-electron chi connectivity index (χ4n) is 1.52. The van der Waals surface area contributed by atoms with Crippen LogP contribution in [0.5, 0.6) is 0 Å². The molecule has 0 N–H and O–H groups in total. The van der Waals surface area contributed by atoms with Gasteiger partial charge in [-0.15, -0.1) is 0 Å². The van der Waals surface area contributed by atoms with E-state index >= 15 is 0 Å². The molecule has 2 heterocycles. The van der Waals surface area contributed by atoms with E-state index in [-0.39, 0.29) is 0 Å². The molecule has 0 bridgehead atoms. The Hall–Kier alpha value is -1.71. The minimum atomic E-state index is 0.571. The number of carbonyl (C=O) groups is 1. The van der Waals surface area contributed by atoms with Crippen molar-refractivity contribution in [2.24, 2.45) is 9.98 Å². The van der Waals surface area contributed by atoms with E-state index < -0.39 is 0 Å². The Morgan fingerprint density at radius 1 is 1.50 bits per heavy atom. The summed E-state index contributed by atoms with van der Waals surface area (Å²) >= 11 is 0. The highest BCUT2D eigenvalue weighted by Gasteiger charge is 2.20. The van der Waals surface area contributed by atoms with Crippen LogP contribution >= 0.6 is 0 Å². The van der Waals surface area contributed by atoms with Crippen molar-refractivity contribution in [3.63, 3.8) is 0 Å². The molecule has 0 aliphatic carbocycles. The second-order valence-corrected chi connectivity index (χ2v) is 3.34. The summed E-state index contributed by atoms with van der Waals surface area (Å²) < 4.78 is 0. The fourth-order valence-corrected chi connectivity index (χ4v) is 1.52. The molecule has 2 rings (SSSR count). The van der Waals surface area contributed by atoms with E-state index in [0.29, 0.717) is 12.1 Å². The summed E-state index contributed by atoms with van der Waals surface area (Å²) in [4.78, 5) is 21.0. The van der Waals surface area contributed by atoms with E-state index in [1.807, 2.05) is 24.8 Å². The number of hydrogen-bond donors (Lipinski definition) is 0. The third-order valence-electron chi connectivity index (χ3n) is 2.20. The topological polar surface area (TPSA) is 45.0 Å². The Balaban J connectivity index is 2.39. The Morgan fingerprint density at radius 2 is 2.29 bits per heavy atom. The number of fused-ring (bicyclic) bond motifs is 1. The zero-order chi connectivity index (χ0) is 10.1. The highest BCUT2D eigenvalue weighted by Crippen LogP contribution is 2.15. The van der Waals surface area contributed by atoms with Crippen LogP contribution in [-0.4, -0.2) is 29.4 Å². The largest absolute Gasteiger partial charge is 0.310 e. The predicted octanol–water partition coefficient (Wildman–Crippen LogP) is 1.12. The molecule has 0 aromatic heterocycles. The van der Waals surface area contributed by atoms with Crippen LogP contribution in [0.4, 0.5) is 0 Å². The molecule has 0 atom stereocenters. The lowest BCUT2D eigenvalue weighted by molar-refractivity contribution is -0.105. The molecule has 0 spiro atoms. The molecule has 0 aromatic carbocycles. The third-order valence-corrected chi connectivity index (χ3v) is 2.20. The number of allylic oxidation sites excluding steroid dienone is 1. The zero-order valence-electron chi connectivity index (χ0n) is 8.19. The van der Waals surface area contributed by atoms with Crippen LogP contribution in [0.2, 0.25) is 0 Å². The Labute approximate surface area is 82.3 Å². The molecule has 0 amide bonds. The van der Waals surface area contributed by atoms with Crippen LogP contribution in [0.15, 0.2) is 33.5 Å². The molecule has 72 valence electrons. The molecule has 4 heteroatoms. The van der Waals surface area contributed by atoms with E-state index in [9.17, 15) is 4.79 Å². The van der Waals surface area contributed by atoms with Crippen LogP contribution in [0.25, 0.3) is 0 Å². The number of amidine groups is 2. The first-order valence-electron chi connectivity index (χ1n) is 4.44. The van der Waals surface area contributed by atoms with Crippen molar-refractivity contribution >= 4 is 18.0 Å². The van der Waals surface area contributed by atoms with E-state index in [1.165, 1.54) is 0 Å². The zero-order valence-corrected chi connectivity index (χ0v) is 8.19. The van der Waals surface area contributed by atoms with E-state index in [0.717, 1.165) is 23.7 Å². The molecule has 2 aliphatic rings. The van der Waals surface area contributed by atoms with Gasteiger partial charge in [0, 0.05) is 23.5 Å². The first-order valence-corrected chi connectivity index (χ1v) is 4.44. The summed E-state index contributed by atoms with van der Waals surface area (Å²) in [5.74, 6) is 1.75. The summed E-state index contributed by atoms with van der Waals surface area (Å²) in [5.41, 5.74) is 1.62. The van der Waals surface area contributed by atoms with Gasteiger partial charge < -0.3 is 4.90 Å². The number of nitrogens with zero attached hydrogens (tertiary/aromatic N) is 3. The lowest BCUT2D eigenvalue weighted by atomic mass is 10.2. The maximum atomic E-state index is 10.6. The van der Waals surface area contributed by atoms with Gasteiger partial charge >= 0.3 is 0 Å². The van der Waals surface area contributed by atoms with Gasteiger partial charge in [-0.3, -0.25) is 4.79 Å². The van der Waals surface area contributed by atoms with Crippen molar-refractivity contribution in [2.45, 2.75) is 13.8 Å². The van der Waals surface area contributed by atoms with Crippen molar-refractivity contribution < 1.29 is 4.79 Å². The van der Waals surface area contributed by atoms with Gasteiger partial charge in [-0.1, -0.05) is 0 Å². The van der Waals surface area contributed by atoms with Crippen LogP contribution in [0.3, 0.4) is 0 Å². The Kier molecular flexibility index (Phi) is 2.04. The number of hydrogen-bond acceptors (Lipinski definition) is 4. The first kappa shape index (κ1) is 8.87. The molecular formula is C10H11N3O. The summed E-state index contributed by atoms with van der Waals surface area (Å²) in [6.45, 7) is 4.42. The van der Waals surface area contributed by atoms with E-state index in [1.54, 1.807) is 6.20 Å². The molecule has 0 fully saturated rings. The molecule has 0 radical (unpaired) electrons. The fraction of sp³-hybridized carbons (Fsp3) is 0.300. The lowest BCUT2D eigenvalue weighted by Crippen LogP contribution is -2.39. The molecular weight excluding hydrogens is 178 g/mol. The van der Waals surface area contributed by atoms with Crippen LogP contribution in [0, 0.1) is 0 Å². The van der Waals surface area contributed by atoms with Crippen molar-refractivity contribution in [2.75, 3.05) is 6.54 Å². The van der Waals surface area contributed by atoms with Gasteiger partial charge in [0.1, 0.15) is 18.0 Å². The lowest BCUT2D eigenvalue weighted by Gasteiger charge is -2.29. The monoisotopic (exact) mass is 189 g/mol. The highest BCUT2D eigenvalue weighted by molar-refractivity contribution is 6.09. The second-order valence-electron chi connectivity index (χ2n) is 3.34. The Bertz CT molecular complexity index is 402. The molecule has 0 unspecified atom stereocenters. The number of rotatable bonds is 1. The van der Waals surface area contributed by atoms with Gasteiger partial charge in [-0.25, -0.2) is 9.98 Å². The van der Waals surface area contributed by atoms with Gasteiger partial charge in [0.05, 0.1) is 6.54 Å². The summed E-state index contributed by atoms with van der Waals surface area (Å²) in [6, 6.07) is 0. The van der Waals surface area contributed by atoms with Crippen molar-refractivity contribution in [3.05, 3.63) is 23.5 Å². The van der Waals surface area contributed by atoms with Crippen molar-refractivity contribution in [1.82, 2.24) is 4.90 Å². The average molecular weight is 189 g/mol. The molecule has 0 aromatic rings. The van der Waals surface area contributed by atoms with Crippen molar-refractivity contribution in [3.8, 4) is 0 Å². The molecule has 2 aliphatic heterocycles. The Morgan fingerprint density at radius 3 is 3.00 bits per heavy atom. The molecule has 0 saturated carbocycles. The van der Waals surface area contributed by atoms with Crippen LogP contribution in [0.1, 0.15) is 13.8 Å². The molecule has 4 nitrogen and oxygen atoms in total. The standard InChI is InChI=1S/C10H11N3O/c1-7-3-10-11-4-9(6-14)5-13(10)8(2)12-7/h3-4,6H,5H2,1-2H3. The average Bonchev–Trinajstić information content (AvgIpc) is 2.17. The summed E-state index contributed by atoms with van der Waals surface area (Å²) in [5, 5.41) is 0. The molecule has 0 saturated heterocycles. The van der Waals surface area contributed by atoms with Gasteiger partial charge in [0.15, 0.2) is 0 Å². The summed E-state index contributed by atoms with van der Waals surface area (Å²) in [7, 11) is 0. The maximum Gasteiger partial charge on any atom is 0.149 e. The smallest absolute Gasteiger partial charge is 0.149 e. The number of carbonyl (C=O) groups excluding carboxylic acids is 1. The SMILES string of the molecule is CC1=CC2=NC=C(C=O)CN2C(C)=N1. The van der Waals surface area contributed by atoms with Gasteiger partial charge in [-0.05, 0) is 13.8 Å². The van der Waals surface area contributed by atoms with E-state index in [4.69, 9.17) is 0 Å². The highest BCUT2D eigenvalue weighted by atomic mass is 16.1. The number of aldehydes is 1. The van der Waals surface area contributed by atoms with Crippen molar-refractivity contribution in [1.29, 1.82) is 0 Å². The minimum absolute atomic E-state index is 0.571. The number of aliphatic imine (C=N–C) groups is 2. The normalized spacial score (nSPS) is 20.3. The van der Waals surface area contributed by atoms with Gasteiger partial charge in [0.2, 0.25) is 0 Å². The first-order chi connectivity index (χ1) is 6.70. The van der Waals surface area contributed by atoms with Gasteiger partial charge in [-0.2, -0.15) is 0 Å². The molecule has 14 heavy (non-hydrogen) atoms. The quantitative estimate of drug-likeness (QED) is 0.580. The van der Waals surface area contributed by atoms with E-state index in [2.05, 4.69) is 9.98 Å². The predicted molar refractivity (Wildman–Crippen MR) is 55.2 cm³/mol. The van der Waals surface area contributed by atoms with Crippen LogP contribution < -0.4 is 0 Å². The summed E-state index contributed by atoms with van der Waals surface area (Å²) in [6.07, 6.45) is 4.35. The maximum absolute atomic E-state index is 10.6.